The van der Waals surface area contributed by atoms with E-state index in [1.807, 2.05) is 30.3 Å². The van der Waals surface area contributed by atoms with Gasteiger partial charge in [0.15, 0.2) is 0 Å². The van der Waals surface area contributed by atoms with Crippen molar-refractivity contribution in [3.8, 4) is 0 Å². The standard InChI is InChI=1S/C21H23N3O3S/c25-21(22-15-18-13-16-7-2-3-10-20(16)23-18)17-8-6-9-19(14-17)28(26,27)24-11-4-1-5-12-24/h2-3,6-10,13-14,23H,1,4-5,11-12,15H2,(H,22,25). The van der Waals surface area contributed by atoms with E-state index in [-0.39, 0.29) is 10.8 Å². The SMILES string of the molecule is O=C(NCc1cc2ccccc2[nH]1)c1cccc(S(=O)(=O)N2CCCCC2)c1. The zero-order chi connectivity index (χ0) is 19.6. The first kappa shape index (κ1) is 18.7. The van der Waals surface area contributed by atoms with Crippen molar-refractivity contribution in [2.45, 2.75) is 30.7 Å². The summed E-state index contributed by atoms with van der Waals surface area (Å²) in [6, 6.07) is 16.2. The first-order valence-corrected chi connectivity index (χ1v) is 10.9. The fourth-order valence-corrected chi connectivity index (χ4v) is 5.12. The van der Waals surface area contributed by atoms with Gasteiger partial charge in [0, 0.05) is 29.9 Å². The van der Waals surface area contributed by atoms with Crippen LogP contribution < -0.4 is 5.32 Å². The van der Waals surface area contributed by atoms with Crippen LogP contribution in [0.5, 0.6) is 0 Å². The maximum Gasteiger partial charge on any atom is 0.251 e. The molecule has 0 spiro atoms. The van der Waals surface area contributed by atoms with Crippen molar-refractivity contribution in [1.82, 2.24) is 14.6 Å². The number of carbonyl (C=O) groups excluding carboxylic acids is 1. The number of benzene rings is 2. The molecule has 0 aliphatic carbocycles. The van der Waals surface area contributed by atoms with E-state index in [9.17, 15) is 13.2 Å². The Kier molecular flexibility index (Phi) is 5.19. The molecule has 1 aliphatic rings. The summed E-state index contributed by atoms with van der Waals surface area (Å²) < 4.78 is 27.2. The van der Waals surface area contributed by atoms with Crippen molar-refractivity contribution in [2.75, 3.05) is 13.1 Å². The van der Waals surface area contributed by atoms with Gasteiger partial charge in [-0.1, -0.05) is 30.7 Å². The van der Waals surface area contributed by atoms with E-state index in [2.05, 4.69) is 10.3 Å². The molecule has 2 aromatic carbocycles. The predicted molar refractivity (Wildman–Crippen MR) is 109 cm³/mol. The van der Waals surface area contributed by atoms with Crippen LogP contribution in [0.4, 0.5) is 0 Å². The summed E-state index contributed by atoms with van der Waals surface area (Å²) in [5.74, 6) is -0.297. The summed E-state index contributed by atoms with van der Waals surface area (Å²) in [6.45, 7) is 1.43. The number of fused-ring (bicyclic) bond motifs is 1. The topological polar surface area (TPSA) is 82.3 Å². The largest absolute Gasteiger partial charge is 0.357 e. The van der Waals surface area contributed by atoms with Crippen LogP contribution >= 0.6 is 0 Å². The summed E-state index contributed by atoms with van der Waals surface area (Å²) in [5, 5.41) is 3.94. The zero-order valence-corrected chi connectivity index (χ0v) is 16.3. The van der Waals surface area contributed by atoms with Gasteiger partial charge in [0.05, 0.1) is 11.4 Å². The minimum Gasteiger partial charge on any atom is -0.357 e. The number of hydrogen-bond donors (Lipinski definition) is 2. The number of nitrogens with zero attached hydrogens (tertiary/aromatic N) is 1. The van der Waals surface area contributed by atoms with E-state index >= 15 is 0 Å². The van der Waals surface area contributed by atoms with Crippen LogP contribution in [0.25, 0.3) is 10.9 Å². The monoisotopic (exact) mass is 397 g/mol. The molecule has 2 heterocycles. The van der Waals surface area contributed by atoms with Crippen molar-refractivity contribution in [2.24, 2.45) is 0 Å². The zero-order valence-electron chi connectivity index (χ0n) is 15.5. The second kappa shape index (κ2) is 7.77. The van der Waals surface area contributed by atoms with Crippen LogP contribution in [0.1, 0.15) is 35.3 Å². The number of H-pyrrole nitrogens is 1. The molecular formula is C21H23N3O3S. The average Bonchev–Trinajstić information content (AvgIpc) is 3.16. The van der Waals surface area contributed by atoms with Crippen LogP contribution in [0.3, 0.4) is 0 Å². The molecule has 0 atom stereocenters. The number of hydrogen-bond acceptors (Lipinski definition) is 3. The Morgan fingerprint density at radius 2 is 1.79 bits per heavy atom. The summed E-state index contributed by atoms with van der Waals surface area (Å²) in [6.07, 6.45) is 2.82. The van der Waals surface area contributed by atoms with Gasteiger partial charge in [0.1, 0.15) is 0 Å². The van der Waals surface area contributed by atoms with Crippen molar-refractivity contribution >= 4 is 26.8 Å². The summed E-state index contributed by atoms with van der Waals surface area (Å²) in [7, 11) is -3.56. The van der Waals surface area contributed by atoms with Gasteiger partial charge in [-0.2, -0.15) is 4.31 Å². The van der Waals surface area contributed by atoms with Crippen molar-refractivity contribution in [3.05, 3.63) is 65.9 Å². The van der Waals surface area contributed by atoms with Gasteiger partial charge in [-0.05, 0) is 48.6 Å². The lowest BCUT2D eigenvalue weighted by Crippen LogP contribution is -2.35. The number of aromatic nitrogens is 1. The minimum atomic E-state index is -3.56. The fourth-order valence-electron chi connectivity index (χ4n) is 3.56. The van der Waals surface area contributed by atoms with Crippen LogP contribution in [-0.4, -0.2) is 36.7 Å². The number of sulfonamides is 1. The van der Waals surface area contributed by atoms with Gasteiger partial charge < -0.3 is 10.3 Å². The Balaban J connectivity index is 1.48. The third-order valence-corrected chi connectivity index (χ3v) is 6.97. The van der Waals surface area contributed by atoms with Crippen molar-refractivity contribution < 1.29 is 13.2 Å². The Morgan fingerprint density at radius 1 is 1.00 bits per heavy atom. The van der Waals surface area contributed by atoms with Gasteiger partial charge in [-0.3, -0.25) is 4.79 Å². The lowest BCUT2D eigenvalue weighted by molar-refractivity contribution is 0.0950. The third-order valence-electron chi connectivity index (χ3n) is 5.07. The van der Waals surface area contributed by atoms with E-state index in [0.29, 0.717) is 25.2 Å². The summed E-state index contributed by atoms with van der Waals surface area (Å²) in [5.41, 5.74) is 2.25. The second-order valence-electron chi connectivity index (χ2n) is 7.06. The molecule has 1 fully saturated rings. The van der Waals surface area contributed by atoms with Gasteiger partial charge in [0.2, 0.25) is 10.0 Å². The van der Waals surface area contributed by atoms with E-state index < -0.39 is 10.0 Å². The van der Waals surface area contributed by atoms with E-state index in [0.717, 1.165) is 35.9 Å². The van der Waals surface area contributed by atoms with Crippen LogP contribution in [0, 0.1) is 0 Å². The molecular weight excluding hydrogens is 374 g/mol. The molecule has 0 radical (unpaired) electrons. The Morgan fingerprint density at radius 3 is 2.57 bits per heavy atom. The molecule has 1 amide bonds. The highest BCUT2D eigenvalue weighted by Gasteiger charge is 2.26. The number of nitrogens with one attached hydrogen (secondary N) is 2. The quantitative estimate of drug-likeness (QED) is 0.693. The molecule has 28 heavy (non-hydrogen) atoms. The molecule has 1 saturated heterocycles. The number of piperidine rings is 1. The Labute approximate surface area is 164 Å². The highest BCUT2D eigenvalue weighted by molar-refractivity contribution is 7.89. The highest BCUT2D eigenvalue weighted by Crippen LogP contribution is 2.21. The second-order valence-corrected chi connectivity index (χ2v) is 9.00. The molecule has 0 bridgehead atoms. The fraction of sp³-hybridized carbons (Fsp3) is 0.286. The Hall–Kier alpha value is -2.64. The first-order chi connectivity index (χ1) is 13.5. The van der Waals surface area contributed by atoms with Crippen LogP contribution in [0.2, 0.25) is 0 Å². The van der Waals surface area contributed by atoms with Crippen LogP contribution in [0.15, 0.2) is 59.5 Å². The number of carbonyl (C=O) groups is 1. The first-order valence-electron chi connectivity index (χ1n) is 9.49. The third kappa shape index (κ3) is 3.81. The van der Waals surface area contributed by atoms with E-state index in [4.69, 9.17) is 0 Å². The lowest BCUT2D eigenvalue weighted by atomic mass is 10.2. The molecule has 2 N–H and O–H groups in total. The number of aromatic amines is 1. The molecule has 3 aromatic rings. The molecule has 1 aromatic heterocycles. The van der Waals surface area contributed by atoms with Crippen molar-refractivity contribution in [1.29, 1.82) is 0 Å². The van der Waals surface area contributed by atoms with E-state index in [1.165, 1.54) is 10.4 Å². The van der Waals surface area contributed by atoms with Crippen LogP contribution in [-0.2, 0) is 16.6 Å². The molecule has 146 valence electrons. The maximum absolute atomic E-state index is 12.8. The van der Waals surface area contributed by atoms with Gasteiger partial charge in [0.25, 0.3) is 5.91 Å². The molecule has 6 nitrogen and oxygen atoms in total. The lowest BCUT2D eigenvalue weighted by Gasteiger charge is -2.26. The molecule has 1 aliphatic heterocycles. The molecule has 0 saturated carbocycles. The Bertz CT molecular complexity index is 1070. The average molecular weight is 398 g/mol. The number of para-hydroxylation sites is 1. The number of amides is 1. The molecule has 0 unspecified atom stereocenters. The highest BCUT2D eigenvalue weighted by atomic mass is 32.2. The maximum atomic E-state index is 12.8. The van der Waals surface area contributed by atoms with E-state index in [1.54, 1.807) is 18.2 Å². The molecule has 4 rings (SSSR count). The van der Waals surface area contributed by atoms with Crippen molar-refractivity contribution in [3.63, 3.8) is 0 Å². The summed E-state index contributed by atoms with van der Waals surface area (Å²) in [4.78, 5) is 16.0. The van der Waals surface area contributed by atoms with Gasteiger partial charge in [-0.15, -0.1) is 0 Å². The number of rotatable bonds is 5. The van der Waals surface area contributed by atoms with Gasteiger partial charge >= 0.3 is 0 Å². The summed E-state index contributed by atoms with van der Waals surface area (Å²) >= 11 is 0. The predicted octanol–water partition coefficient (Wildman–Crippen LogP) is 3.27. The smallest absolute Gasteiger partial charge is 0.251 e. The van der Waals surface area contributed by atoms with Gasteiger partial charge in [-0.25, -0.2) is 8.42 Å². The molecule has 7 heteroatoms. The normalized spacial score (nSPS) is 15.6. The minimum absolute atomic E-state index is 0.174.